The van der Waals surface area contributed by atoms with E-state index in [0.29, 0.717) is 19.4 Å². The van der Waals surface area contributed by atoms with E-state index in [1.165, 1.54) is 5.56 Å². The summed E-state index contributed by atoms with van der Waals surface area (Å²) in [5, 5.41) is 11.3. The van der Waals surface area contributed by atoms with Crippen molar-refractivity contribution in [2.24, 2.45) is 0 Å². The first-order chi connectivity index (χ1) is 14.2. The van der Waals surface area contributed by atoms with E-state index < -0.39 is 5.60 Å². The van der Waals surface area contributed by atoms with Gasteiger partial charge >= 0.3 is 0 Å². The number of piperidine rings is 1. The summed E-state index contributed by atoms with van der Waals surface area (Å²) in [6.07, 6.45) is 3.79. The summed E-state index contributed by atoms with van der Waals surface area (Å²) in [6, 6.07) is 16.0. The Labute approximate surface area is 173 Å². The zero-order valence-corrected chi connectivity index (χ0v) is 17.2. The first-order valence-electron chi connectivity index (χ1n) is 10.6. The molecule has 2 aromatic rings. The van der Waals surface area contributed by atoms with E-state index in [1.54, 1.807) is 7.11 Å². The van der Waals surface area contributed by atoms with Crippen LogP contribution in [0, 0.1) is 0 Å². The zero-order chi connectivity index (χ0) is 20.1. The summed E-state index contributed by atoms with van der Waals surface area (Å²) in [6.45, 7) is 3.94. The Hall–Kier alpha value is -2.08. The van der Waals surface area contributed by atoms with Crippen LogP contribution in [0.3, 0.4) is 0 Å². The second kappa shape index (κ2) is 9.16. The zero-order valence-electron chi connectivity index (χ0n) is 17.2. The standard InChI is InChI=1S/C24H31NO4/c1-27-23-11-5-3-9-21(23)24(26)12-14-25(15-13-24)17-19-7-2-4-10-22(19)29-18-20-8-6-16-28-20/h2-5,7,9-11,20,26H,6,8,12-18H2,1H3/t20-/m1/s1. The van der Waals surface area contributed by atoms with E-state index >= 15 is 0 Å². The van der Waals surface area contributed by atoms with Crippen molar-refractivity contribution >= 4 is 0 Å². The number of benzene rings is 2. The lowest BCUT2D eigenvalue weighted by atomic mass is 9.83. The minimum Gasteiger partial charge on any atom is -0.496 e. The highest BCUT2D eigenvalue weighted by atomic mass is 16.5. The molecular weight excluding hydrogens is 366 g/mol. The Morgan fingerprint density at radius 1 is 1.07 bits per heavy atom. The lowest BCUT2D eigenvalue weighted by Crippen LogP contribution is -2.42. The van der Waals surface area contributed by atoms with Crippen molar-refractivity contribution in [3.8, 4) is 11.5 Å². The van der Waals surface area contributed by atoms with Crippen LogP contribution in [0.2, 0.25) is 0 Å². The molecule has 0 amide bonds. The SMILES string of the molecule is COc1ccccc1C1(O)CCN(Cc2ccccc2OC[C@H]2CCCO2)CC1. The van der Waals surface area contributed by atoms with E-state index in [-0.39, 0.29) is 6.10 Å². The first kappa shape index (κ1) is 20.2. The highest BCUT2D eigenvalue weighted by molar-refractivity contribution is 5.38. The van der Waals surface area contributed by atoms with Crippen LogP contribution in [0.5, 0.6) is 11.5 Å². The molecule has 4 rings (SSSR count). The normalized spacial score (nSPS) is 21.8. The fraction of sp³-hybridized carbons (Fsp3) is 0.500. The van der Waals surface area contributed by atoms with Gasteiger partial charge in [0, 0.05) is 37.4 Å². The van der Waals surface area contributed by atoms with Crippen LogP contribution in [0.4, 0.5) is 0 Å². The van der Waals surface area contributed by atoms with Gasteiger partial charge in [0.15, 0.2) is 0 Å². The van der Waals surface area contributed by atoms with E-state index in [1.807, 2.05) is 36.4 Å². The van der Waals surface area contributed by atoms with E-state index in [2.05, 4.69) is 17.0 Å². The maximum absolute atomic E-state index is 11.3. The van der Waals surface area contributed by atoms with Gasteiger partial charge in [-0.2, -0.15) is 0 Å². The van der Waals surface area contributed by atoms with Crippen LogP contribution in [-0.4, -0.2) is 49.5 Å². The summed E-state index contributed by atoms with van der Waals surface area (Å²) in [5.74, 6) is 1.70. The molecule has 2 aliphatic heterocycles. The quantitative estimate of drug-likeness (QED) is 0.771. The largest absolute Gasteiger partial charge is 0.496 e. The Morgan fingerprint density at radius 2 is 1.79 bits per heavy atom. The molecule has 0 aliphatic carbocycles. The lowest BCUT2D eigenvalue weighted by Gasteiger charge is -2.39. The molecule has 5 heteroatoms. The second-order valence-corrected chi connectivity index (χ2v) is 8.06. The number of likely N-dealkylation sites (tertiary alicyclic amines) is 1. The van der Waals surface area contributed by atoms with Crippen LogP contribution in [0.1, 0.15) is 36.8 Å². The van der Waals surface area contributed by atoms with Gasteiger partial charge in [-0.25, -0.2) is 0 Å². The van der Waals surface area contributed by atoms with Crippen molar-refractivity contribution < 1.29 is 19.3 Å². The minimum absolute atomic E-state index is 0.217. The molecule has 0 radical (unpaired) electrons. The van der Waals surface area contributed by atoms with Gasteiger partial charge in [0.05, 0.1) is 18.8 Å². The van der Waals surface area contributed by atoms with E-state index in [0.717, 1.165) is 56.1 Å². The molecule has 5 nitrogen and oxygen atoms in total. The molecule has 2 fully saturated rings. The first-order valence-corrected chi connectivity index (χ1v) is 10.6. The molecule has 2 saturated heterocycles. The van der Waals surface area contributed by atoms with E-state index in [4.69, 9.17) is 14.2 Å². The number of hydrogen-bond donors (Lipinski definition) is 1. The Balaban J connectivity index is 1.37. The minimum atomic E-state index is -0.834. The Bertz CT molecular complexity index is 795. The molecule has 0 saturated carbocycles. The molecular formula is C24H31NO4. The third kappa shape index (κ3) is 4.74. The molecule has 0 aromatic heterocycles. The molecule has 29 heavy (non-hydrogen) atoms. The van der Waals surface area contributed by atoms with Crippen LogP contribution < -0.4 is 9.47 Å². The maximum atomic E-state index is 11.3. The van der Waals surface area contributed by atoms with Gasteiger partial charge in [-0.3, -0.25) is 4.90 Å². The smallest absolute Gasteiger partial charge is 0.124 e. The average Bonchev–Trinajstić information content (AvgIpc) is 3.28. The predicted molar refractivity (Wildman–Crippen MR) is 112 cm³/mol. The summed E-state index contributed by atoms with van der Waals surface area (Å²) in [7, 11) is 1.66. The van der Waals surface area contributed by atoms with Gasteiger partial charge in [-0.15, -0.1) is 0 Å². The number of methoxy groups -OCH3 is 1. The average molecular weight is 398 g/mol. The number of ether oxygens (including phenoxy) is 3. The van der Waals surface area contributed by atoms with Crippen LogP contribution in [-0.2, 0) is 16.9 Å². The number of aliphatic hydroxyl groups is 1. The summed E-state index contributed by atoms with van der Waals surface area (Å²) in [5.41, 5.74) is 1.24. The molecule has 0 spiro atoms. The van der Waals surface area contributed by atoms with Crippen molar-refractivity contribution in [1.29, 1.82) is 0 Å². The molecule has 2 aliphatic rings. The molecule has 2 aromatic carbocycles. The second-order valence-electron chi connectivity index (χ2n) is 8.06. The molecule has 1 N–H and O–H groups in total. The number of nitrogens with zero attached hydrogens (tertiary/aromatic N) is 1. The summed E-state index contributed by atoms with van der Waals surface area (Å²) >= 11 is 0. The fourth-order valence-electron chi connectivity index (χ4n) is 4.35. The Morgan fingerprint density at radius 3 is 2.52 bits per heavy atom. The van der Waals surface area contributed by atoms with Gasteiger partial charge in [-0.1, -0.05) is 36.4 Å². The summed E-state index contributed by atoms with van der Waals surface area (Å²) < 4.78 is 17.2. The monoisotopic (exact) mass is 397 g/mol. The van der Waals surface area contributed by atoms with Crippen molar-refractivity contribution in [3.05, 3.63) is 59.7 Å². The molecule has 2 heterocycles. The number of hydrogen-bond acceptors (Lipinski definition) is 5. The highest BCUT2D eigenvalue weighted by Crippen LogP contribution is 2.38. The van der Waals surface area contributed by atoms with Gasteiger partial charge < -0.3 is 19.3 Å². The van der Waals surface area contributed by atoms with Gasteiger partial charge in [-0.05, 0) is 37.8 Å². The van der Waals surface area contributed by atoms with Crippen LogP contribution in [0.25, 0.3) is 0 Å². The van der Waals surface area contributed by atoms with Crippen LogP contribution >= 0.6 is 0 Å². The lowest BCUT2D eigenvalue weighted by molar-refractivity contribution is -0.0294. The van der Waals surface area contributed by atoms with Gasteiger partial charge in [0.1, 0.15) is 18.1 Å². The van der Waals surface area contributed by atoms with Gasteiger partial charge in [0.2, 0.25) is 0 Å². The molecule has 0 unspecified atom stereocenters. The Kier molecular flexibility index (Phi) is 6.38. The number of para-hydroxylation sites is 2. The van der Waals surface area contributed by atoms with Crippen molar-refractivity contribution in [1.82, 2.24) is 4.90 Å². The fourth-order valence-corrected chi connectivity index (χ4v) is 4.35. The van der Waals surface area contributed by atoms with Crippen molar-refractivity contribution in [3.63, 3.8) is 0 Å². The molecule has 0 bridgehead atoms. The molecule has 156 valence electrons. The van der Waals surface area contributed by atoms with Crippen molar-refractivity contribution in [2.75, 3.05) is 33.4 Å². The van der Waals surface area contributed by atoms with Gasteiger partial charge in [0.25, 0.3) is 0 Å². The third-order valence-corrected chi connectivity index (χ3v) is 6.11. The third-order valence-electron chi connectivity index (χ3n) is 6.11. The van der Waals surface area contributed by atoms with Crippen LogP contribution in [0.15, 0.2) is 48.5 Å². The maximum Gasteiger partial charge on any atom is 0.124 e. The highest BCUT2D eigenvalue weighted by Gasteiger charge is 2.36. The topological polar surface area (TPSA) is 51.2 Å². The van der Waals surface area contributed by atoms with E-state index in [9.17, 15) is 5.11 Å². The van der Waals surface area contributed by atoms with Crippen molar-refractivity contribution in [2.45, 2.75) is 43.9 Å². The predicted octanol–water partition coefficient (Wildman–Crippen LogP) is 3.74. The molecule has 1 atom stereocenters. The number of rotatable bonds is 7. The summed E-state index contributed by atoms with van der Waals surface area (Å²) in [4.78, 5) is 2.39.